The summed E-state index contributed by atoms with van der Waals surface area (Å²) in [5.41, 5.74) is 8.83. The highest BCUT2D eigenvalue weighted by Gasteiger charge is 2.24. The maximum Gasteiger partial charge on any atom is 0.409 e. The number of rotatable bonds is 6. The second-order valence-electron chi connectivity index (χ2n) is 8.54. The van der Waals surface area contributed by atoms with Gasteiger partial charge in [-0.2, -0.15) is 0 Å². The van der Waals surface area contributed by atoms with Crippen LogP contribution in [-0.2, 0) is 11.3 Å². The number of amides is 1. The molecule has 2 fully saturated rings. The van der Waals surface area contributed by atoms with Gasteiger partial charge in [-0.3, -0.25) is 9.89 Å². The molecule has 0 radical (unpaired) electrons. The number of benzene rings is 1. The molecule has 31 heavy (non-hydrogen) atoms. The van der Waals surface area contributed by atoms with Crippen LogP contribution in [0, 0.1) is 12.8 Å². The highest BCUT2D eigenvalue weighted by atomic mass is 127. The van der Waals surface area contributed by atoms with Gasteiger partial charge in [0, 0.05) is 32.2 Å². The summed E-state index contributed by atoms with van der Waals surface area (Å²) in [6, 6.07) is 9.11. The fourth-order valence-corrected chi connectivity index (χ4v) is 4.18. The quantitative estimate of drug-likeness (QED) is 0.327. The molecular weight excluding hydrogens is 505 g/mol. The van der Waals surface area contributed by atoms with Crippen LogP contribution in [0.3, 0.4) is 0 Å². The lowest BCUT2D eigenvalue weighted by molar-refractivity contribution is 0.0963. The Bertz CT molecular complexity index is 696. The van der Waals surface area contributed by atoms with Gasteiger partial charge in [0.2, 0.25) is 0 Å². The summed E-state index contributed by atoms with van der Waals surface area (Å²) in [7, 11) is 0. The molecule has 2 heterocycles. The summed E-state index contributed by atoms with van der Waals surface area (Å²) in [6.07, 6.45) is 3.85. The van der Waals surface area contributed by atoms with E-state index in [0.29, 0.717) is 31.6 Å². The first-order chi connectivity index (χ1) is 14.5. The lowest BCUT2D eigenvalue weighted by atomic mass is 9.96. The standard InChI is InChI=1S/C23H37N5O2.HI/c1-3-30-23(29)28-14-10-21(11-15-28)26-22(24)25-16-19-8-12-27(13-9-19)17-20-6-4-18(2)5-7-20;/h4-7,19,21H,3,8-17H2,1-2H3,(H3,24,25,26);1H. The molecule has 1 aromatic rings. The highest BCUT2D eigenvalue weighted by Crippen LogP contribution is 2.19. The molecule has 174 valence electrons. The largest absolute Gasteiger partial charge is 0.450 e. The maximum atomic E-state index is 11.8. The molecule has 1 amide bonds. The van der Waals surface area contributed by atoms with E-state index in [-0.39, 0.29) is 36.1 Å². The number of nitrogens with one attached hydrogen (secondary N) is 1. The third-order valence-electron chi connectivity index (χ3n) is 6.13. The molecule has 0 aromatic heterocycles. The number of carbonyl (C=O) groups is 1. The molecule has 0 bridgehead atoms. The van der Waals surface area contributed by atoms with Gasteiger partial charge in [0.25, 0.3) is 0 Å². The minimum Gasteiger partial charge on any atom is -0.450 e. The van der Waals surface area contributed by atoms with E-state index < -0.39 is 0 Å². The Hall–Kier alpha value is -1.55. The summed E-state index contributed by atoms with van der Waals surface area (Å²) in [4.78, 5) is 20.7. The van der Waals surface area contributed by atoms with Crippen LogP contribution in [0.1, 0.15) is 43.7 Å². The molecule has 8 heteroatoms. The Balaban J connectivity index is 0.00000341. The lowest BCUT2D eigenvalue weighted by Crippen LogP contribution is -2.48. The summed E-state index contributed by atoms with van der Waals surface area (Å²) >= 11 is 0. The molecule has 3 rings (SSSR count). The van der Waals surface area contributed by atoms with Gasteiger partial charge in [-0.1, -0.05) is 29.8 Å². The lowest BCUT2D eigenvalue weighted by Gasteiger charge is -2.32. The monoisotopic (exact) mass is 543 g/mol. The van der Waals surface area contributed by atoms with Crippen molar-refractivity contribution in [2.75, 3.05) is 39.3 Å². The molecule has 0 atom stereocenters. The van der Waals surface area contributed by atoms with E-state index in [0.717, 1.165) is 39.0 Å². The Morgan fingerprint density at radius 3 is 2.39 bits per heavy atom. The number of likely N-dealkylation sites (tertiary alicyclic amines) is 2. The maximum absolute atomic E-state index is 11.8. The van der Waals surface area contributed by atoms with E-state index in [1.165, 1.54) is 24.0 Å². The molecule has 2 saturated heterocycles. The van der Waals surface area contributed by atoms with Crippen LogP contribution in [0.25, 0.3) is 0 Å². The summed E-state index contributed by atoms with van der Waals surface area (Å²) in [5.74, 6) is 1.14. The van der Waals surface area contributed by atoms with Crippen LogP contribution in [0.15, 0.2) is 29.3 Å². The number of ether oxygens (including phenoxy) is 1. The molecule has 7 nitrogen and oxygen atoms in total. The second-order valence-corrected chi connectivity index (χ2v) is 8.54. The zero-order valence-corrected chi connectivity index (χ0v) is 21.2. The predicted molar refractivity (Wildman–Crippen MR) is 136 cm³/mol. The summed E-state index contributed by atoms with van der Waals surface area (Å²) < 4.78 is 5.06. The van der Waals surface area contributed by atoms with Crippen molar-refractivity contribution in [2.24, 2.45) is 16.6 Å². The molecule has 2 aliphatic heterocycles. The topological polar surface area (TPSA) is 83.2 Å². The van der Waals surface area contributed by atoms with Gasteiger partial charge >= 0.3 is 6.09 Å². The third-order valence-corrected chi connectivity index (χ3v) is 6.13. The normalized spacial score (nSPS) is 19.0. The van der Waals surface area contributed by atoms with Crippen LogP contribution >= 0.6 is 24.0 Å². The van der Waals surface area contributed by atoms with Crippen molar-refractivity contribution in [2.45, 2.75) is 52.1 Å². The third kappa shape index (κ3) is 8.48. The number of aryl methyl sites for hydroxylation is 1. The minimum absolute atomic E-state index is 0. The number of nitrogens with two attached hydrogens (primary N) is 1. The van der Waals surface area contributed by atoms with Gasteiger partial charge in [0.15, 0.2) is 5.96 Å². The van der Waals surface area contributed by atoms with Crippen molar-refractivity contribution < 1.29 is 9.53 Å². The first-order valence-corrected chi connectivity index (χ1v) is 11.3. The molecule has 3 N–H and O–H groups in total. The number of aliphatic imine (C=N–C) groups is 1. The van der Waals surface area contributed by atoms with Crippen molar-refractivity contribution in [1.82, 2.24) is 15.1 Å². The van der Waals surface area contributed by atoms with Crippen molar-refractivity contribution >= 4 is 36.0 Å². The SMILES string of the molecule is CCOC(=O)N1CCC(NC(N)=NCC2CCN(Cc3ccc(C)cc3)CC2)CC1.I. The molecular formula is C23H38IN5O2. The van der Waals surface area contributed by atoms with E-state index in [1.54, 1.807) is 4.90 Å². The summed E-state index contributed by atoms with van der Waals surface area (Å²) in [6.45, 7) is 9.83. The van der Waals surface area contributed by atoms with Gasteiger partial charge in [-0.25, -0.2) is 4.79 Å². The van der Waals surface area contributed by atoms with Crippen molar-refractivity contribution in [3.63, 3.8) is 0 Å². The Morgan fingerprint density at radius 2 is 1.77 bits per heavy atom. The molecule has 2 aliphatic rings. The number of hydrogen-bond donors (Lipinski definition) is 2. The van der Waals surface area contributed by atoms with Gasteiger partial charge in [0.1, 0.15) is 0 Å². The van der Waals surface area contributed by atoms with Crippen molar-refractivity contribution in [3.05, 3.63) is 35.4 Å². The highest BCUT2D eigenvalue weighted by molar-refractivity contribution is 14.0. The first kappa shape index (κ1) is 25.7. The summed E-state index contributed by atoms with van der Waals surface area (Å²) in [5, 5.41) is 3.33. The van der Waals surface area contributed by atoms with Crippen molar-refractivity contribution in [1.29, 1.82) is 0 Å². The smallest absolute Gasteiger partial charge is 0.409 e. The zero-order valence-electron chi connectivity index (χ0n) is 18.9. The van der Waals surface area contributed by atoms with Crippen LogP contribution < -0.4 is 11.1 Å². The molecule has 0 saturated carbocycles. The van der Waals surface area contributed by atoms with Gasteiger partial charge < -0.3 is 20.7 Å². The molecule has 0 aliphatic carbocycles. The molecule has 0 spiro atoms. The van der Waals surface area contributed by atoms with E-state index in [9.17, 15) is 4.79 Å². The van der Waals surface area contributed by atoms with Gasteiger partial charge in [-0.15, -0.1) is 24.0 Å². The minimum atomic E-state index is -0.216. The second kappa shape index (κ2) is 13.1. The number of piperidine rings is 2. The van der Waals surface area contributed by atoms with Crippen LogP contribution in [0.5, 0.6) is 0 Å². The first-order valence-electron chi connectivity index (χ1n) is 11.3. The van der Waals surface area contributed by atoms with E-state index in [4.69, 9.17) is 10.5 Å². The number of halogens is 1. The van der Waals surface area contributed by atoms with Crippen LogP contribution in [0.2, 0.25) is 0 Å². The van der Waals surface area contributed by atoms with E-state index >= 15 is 0 Å². The van der Waals surface area contributed by atoms with Crippen molar-refractivity contribution in [3.8, 4) is 0 Å². The average molecular weight is 543 g/mol. The Morgan fingerprint density at radius 1 is 1.13 bits per heavy atom. The van der Waals surface area contributed by atoms with E-state index in [2.05, 4.69) is 46.4 Å². The van der Waals surface area contributed by atoms with E-state index in [1.807, 2.05) is 6.92 Å². The fourth-order valence-electron chi connectivity index (χ4n) is 4.18. The number of guanidine groups is 1. The van der Waals surface area contributed by atoms with Gasteiger partial charge in [0.05, 0.1) is 6.61 Å². The fraction of sp³-hybridized carbons (Fsp3) is 0.652. The van der Waals surface area contributed by atoms with Crippen LogP contribution in [-0.4, -0.2) is 67.2 Å². The molecule has 1 aromatic carbocycles. The predicted octanol–water partition coefficient (Wildman–Crippen LogP) is 3.35. The molecule has 0 unspecified atom stereocenters. The average Bonchev–Trinajstić information content (AvgIpc) is 2.75. The number of hydrogen-bond acceptors (Lipinski definition) is 4. The Labute approximate surface area is 203 Å². The zero-order chi connectivity index (χ0) is 21.3. The Kier molecular flexibility index (Phi) is 10.9. The number of nitrogens with zero attached hydrogens (tertiary/aromatic N) is 3. The number of carbonyl (C=O) groups excluding carboxylic acids is 1. The van der Waals surface area contributed by atoms with Crippen LogP contribution in [0.4, 0.5) is 4.79 Å². The van der Waals surface area contributed by atoms with Gasteiger partial charge in [-0.05, 0) is 64.1 Å².